The number of methoxy groups -OCH3 is 1. The van der Waals surface area contributed by atoms with E-state index in [0.717, 1.165) is 26.9 Å². The van der Waals surface area contributed by atoms with Gasteiger partial charge in [0.25, 0.3) is 0 Å². The average Bonchev–Trinajstić information content (AvgIpc) is 3.21. The minimum absolute atomic E-state index is 0.267. The largest absolute Gasteiger partial charge is 0.465 e. The van der Waals surface area contributed by atoms with Gasteiger partial charge in [-0.1, -0.05) is 21.4 Å². The van der Waals surface area contributed by atoms with E-state index in [4.69, 9.17) is 9.47 Å². The van der Waals surface area contributed by atoms with Gasteiger partial charge in [-0.05, 0) is 42.8 Å². The number of anilines is 1. The summed E-state index contributed by atoms with van der Waals surface area (Å²) in [5.41, 5.74) is 2.41. The maximum absolute atomic E-state index is 14.0. The molecule has 1 unspecified atom stereocenters. The Balaban J connectivity index is 1.57. The number of ether oxygens (including phenoxy) is 2. The van der Waals surface area contributed by atoms with Crippen LogP contribution < -0.4 is 19.9 Å². The van der Waals surface area contributed by atoms with Crippen LogP contribution in [0.5, 0.6) is 5.75 Å². The molecule has 1 aliphatic rings. The second kappa shape index (κ2) is 9.59. The number of nitrogens with one attached hydrogen (secondary N) is 1. The molecule has 32 heavy (non-hydrogen) atoms. The first-order valence-electron chi connectivity index (χ1n) is 9.84. The van der Waals surface area contributed by atoms with Gasteiger partial charge in [0.15, 0.2) is 0 Å². The van der Waals surface area contributed by atoms with E-state index in [0.29, 0.717) is 29.2 Å². The van der Waals surface area contributed by atoms with E-state index >= 15 is 0 Å². The molecule has 6 nitrogen and oxygen atoms in total. The lowest BCUT2D eigenvalue weighted by Crippen LogP contribution is -2.27. The Morgan fingerprint density at radius 3 is 2.91 bits per heavy atom. The van der Waals surface area contributed by atoms with Gasteiger partial charge in [-0.15, -0.1) is 11.3 Å². The number of carbonyl (C=O) groups is 1. The summed E-state index contributed by atoms with van der Waals surface area (Å²) < 4.78 is 25.8. The van der Waals surface area contributed by atoms with Gasteiger partial charge >= 0.3 is 5.97 Å². The molecule has 1 N–H and O–H groups in total. The topological polar surface area (TPSA) is 72.3 Å². The van der Waals surface area contributed by atoms with Crippen molar-refractivity contribution in [2.24, 2.45) is 9.98 Å². The molecule has 1 aromatic heterocycles. The number of benzene rings is 2. The molecule has 0 aliphatic carbocycles. The van der Waals surface area contributed by atoms with Crippen molar-refractivity contribution in [3.05, 3.63) is 74.7 Å². The minimum Gasteiger partial charge on any atom is -0.465 e. The SMILES string of the molecule is COC(=O)c1cc2c(s1)=C(Oc1cccc(NC(P)=Nc3cc(C)ccc3F)c1)CCN=2. The van der Waals surface area contributed by atoms with Crippen LogP contribution in [0.2, 0.25) is 0 Å². The summed E-state index contributed by atoms with van der Waals surface area (Å²) in [7, 11) is 3.83. The normalized spacial score (nSPS) is 13.2. The molecule has 0 fully saturated rings. The zero-order chi connectivity index (χ0) is 22.7. The summed E-state index contributed by atoms with van der Waals surface area (Å²) in [6, 6.07) is 13.9. The maximum Gasteiger partial charge on any atom is 0.348 e. The van der Waals surface area contributed by atoms with Gasteiger partial charge in [-0.3, -0.25) is 4.99 Å². The van der Waals surface area contributed by atoms with Crippen LogP contribution in [0, 0.1) is 12.7 Å². The van der Waals surface area contributed by atoms with E-state index in [2.05, 4.69) is 24.5 Å². The number of nitrogens with zero attached hydrogens (tertiary/aromatic N) is 2. The molecule has 2 heterocycles. The number of hydrogen-bond acceptors (Lipinski definition) is 6. The summed E-state index contributed by atoms with van der Waals surface area (Å²) in [5.74, 6) is 0.619. The molecule has 0 amide bonds. The van der Waals surface area contributed by atoms with Crippen LogP contribution in [0.1, 0.15) is 21.7 Å². The number of carbonyl (C=O) groups excluding carboxylic acids is 1. The first kappa shape index (κ1) is 22.1. The Kier molecular flexibility index (Phi) is 6.63. The number of halogens is 1. The Hall–Kier alpha value is -3.09. The summed E-state index contributed by atoms with van der Waals surface area (Å²) >= 11 is 1.31. The zero-order valence-electron chi connectivity index (χ0n) is 17.5. The van der Waals surface area contributed by atoms with E-state index in [1.165, 1.54) is 24.5 Å². The predicted molar refractivity (Wildman–Crippen MR) is 128 cm³/mol. The Morgan fingerprint density at radius 1 is 1.25 bits per heavy atom. The lowest BCUT2D eigenvalue weighted by molar-refractivity contribution is 0.0606. The quantitative estimate of drug-likeness (QED) is 0.264. The van der Waals surface area contributed by atoms with Crippen LogP contribution in [-0.2, 0) is 4.74 Å². The minimum atomic E-state index is -0.387. The van der Waals surface area contributed by atoms with Gasteiger partial charge in [0.05, 0.1) is 17.0 Å². The smallest absolute Gasteiger partial charge is 0.348 e. The molecule has 4 rings (SSSR count). The van der Waals surface area contributed by atoms with Gasteiger partial charge in [-0.25, -0.2) is 14.2 Å². The van der Waals surface area contributed by atoms with Crippen LogP contribution in [0.3, 0.4) is 0 Å². The summed E-state index contributed by atoms with van der Waals surface area (Å²) in [5, 5.41) is 3.88. The fourth-order valence-corrected chi connectivity index (χ4v) is 4.53. The number of esters is 1. The van der Waals surface area contributed by atoms with Gasteiger partial charge in [-0.2, -0.15) is 0 Å². The molecule has 0 saturated carbocycles. The van der Waals surface area contributed by atoms with Gasteiger partial charge < -0.3 is 14.8 Å². The molecule has 1 aliphatic heterocycles. The average molecular weight is 469 g/mol. The highest BCUT2D eigenvalue weighted by molar-refractivity contribution is 7.41. The van der Waals surface area contributed by atoms with Crippen LogP contribution in [0.15, 0.2) is 58.5 Å². The van der Waals surface area contributed by atoms with Crippen molar-refractivity contribution >= 4 is 49.3 Å². The van der Waals surface area contributed by atoms with E-state index in [9.17, 15) is 9.18 Å². The highest BCUT2D eigenvalue weighted by Crippen LogP contribution is 2.24. The summed E-state index contributed by atoms with van der Waals surface area (Å²) in [6.45, 7) is 2.47. The molecule has 9 heteroatoms. The molecule has 2 aromatic carbocycles. The molecule has 0 saturated heterocycles. The van der Waals surface area contributed by atoms with Crippen molar-refractivity contribution in [1.29, 1.82) is 0 Å². The highest BCUT2D eigenvalue weighted by atomic mass is 32.1. The van der Waals surface area contributed by atoms with Gasteiger partial charge in [0, 0.05) is 24.7 Å². The van der Waals surface area contributed by atoms with Crippen molar-refractivity contribution < 1.29 is 18.7 Å². The van der Waals surface area contributed by atoms with Crippen molar-refractivity contribution in [3.63, 3.8) is 0 Å². The summed E-state index contributed by atoms with van der Waals surface area (Å²) in [4.78, 5) is 21.1. The first-order valence-corrected chi connectivity index (χ1v) is 11.2. The number of amidine groups is 1. The molecule has 3 aromatic rings. The number of thiophene rings is 1. The molecular formula is C23H21FN3O3PS. The van der Waals surface area contributed by atoms with Crippen LogP contribution in [0.25, 0.3) is 5.76 Å². The fourth-order valence-electron chi connectivity index (χ4n) is 3.18. The lowest BCUT2D eigenvalue weighted by Gasteiger charge is -2.13. The standard InChI is InChI=1S/C23H21FN3O3PS/c1-13-6-7-16(24)17(10-13)27-23(31)26-14-4-3-5-15(11-14)30-19-8-9-25-18-12-20(22(28)29-2)32-21(18)19/h3-7,10-12H,8-9,31H2,1-2H3,(H,26,27). The molecular weight excluding hydrogens is 448 g/mol. The summed E-state index contributed by atoms with van der Waals surface area (Å²) in [6.07, 6.45) is 0.634. The third kappa shape index (κ3) is 5.03. The van der Waals surface area contributed by atoms with E-state index in [1.807, 2.05) is 31.2 Å². The number of hydrogen-bond donors (Lipinski definition) is 1. The maximum atomic E-state index is 14.0. The van der Waals surface area contributed by atoms with Gasteiger partial charge in [0.2, 0.25) is 0 Å². The molecule has 0 radical (unpaired) electrons. The van der Waals surface area contributed by atoms with Crippen LogP contribution in [0.4, 0.5) is 15.8 Å². The molecule has 0 bridgehead atoms. The lowest BCUT2D eigenvalue weighted by atomic mass is 10.2. The zero-order valence-corrected chi connectivity index (χ0v) is 19.5. The second-order valence-corrected chi connectivity index (χ2v) is 8.68. The van der Waals surface area contributed by atoms with Crippen molar-refractivity contribution in [2.45, 2.75) is 13.3 Å². The number of rotatable bonds is 5. The number of aryl methyl sites for hydroxylation is 1. The monoisotopic (exact) mass is 469 g/mol. The van der Waals surface area contributed by atoms with Gasteiger partial charge in [0.1, 0.15) is 33.5 Å². The third-order valence-corrected chi connectivity index (χ3v) is 6.08. The Bertz CT molecular complexity index is 1340. The van der Waals surface area contributed by atoms with Crippen LogP contribution in [-0.4, -0.2) is 25.2 Å². The first-order chi connectivity index (χ1) is 15.4. The molecule has 0 spiro atoms. The van der Waals surface area contributed by atoms with Crippen molar-refractivity contribution in [1.82, 2.24) is 0 Å². The van der Waals surface area contributed by atoms with Crippen LogP contribution >= 0.6 is 20.6 Å². The van der Waals surface area contributed by atoms with E-state index in [1.54, 1.807) is 18.2 Å². The third-order valence-electron chi connectivity index (χ3n) is 4.66. The number of fused-ring (bicyclic) bond motifs is 1. The van der Waals surface area contributed by atoms with Crippen molar-refractivity contribution in [3.8, 4) is 5.75 Å². The second-order valence-electron chi connectivity index (χ2n) is 7.08. The Morgan fingerprint density at radius 2 is 2.09 bits per heavy atom. The fraction of sp³-hybridized carbons (Fsp3) is 0.174. The molecule has 164 valence electrons. The van der Waals surface area contributed by atoms with E-state index < -0.39 is 0 Å². The predicted octanol–water partition coefficient (Wildman–Crippen LogP) is 4.17. The highest BCUT2D eigenvalue weighted by Gasteiger charge is 2.15. The Labute approximate surface area is 190 Å². The van der Waals surface area contributed by atoms with Crippen molar-refractivity contribution in [2.75, 3.05) is 19.0 Å². The number of aliphatic imine (C=N–C) groups is 1. The van der Waals surface area contributed by atoms with E-state index in [-0.39, 0.29) is 17.5 Å². The molecule has 1 atom stereocenters.